The number of nitrogens with zero attached hydrogens (tertiary/aromatic N) is 17. The van der Waals surface area contributed by atoms with E-state index in [1.165, 1.54) is 188 Å². The molecule has 0 bridgehead atoms. The minimum atomic E-state index is -0.398. The van der Waals surface area contributed by atoms with Gasteiger partial charge in [-0.3, -0.25) is 9.59 Å². The minimum absolute atomic E-state index is 0.0781. The van der Waals surface area contributed by atoms with Gasteiger partial charge in [-0.15, -0.1) is 12.8 Å². The van der Waals surface area contributed by atoms with Crippen molar-refractivity contribution < 1.29 is 22.8 Å². The molecule has 0 aliphatic carbocycles. The maximum atomic E-state index is 13.7. The van der Waals surface area contributed by atoms with E-state index in [0.717, 1.165) is 158 Å². The molecule has 0 saturated carbocycles. The van der Waals surface area contributed by atoms with Crippen LogP contribution in [0.5, 0.6) is 0 Å². The number of hydrogen-bond donors (Lipinski definition) is 2. The number of nitrogens with one attached hydrogen (secondary N) is 2. The molecule has 8 aliphatic heterocycles. The number of benzene rings is 2. The molecule has 17 heterocycles. The number of hydrogen-bond acceptors (Lipinski definition) is 23. The second kappa shape index (κ2) is 37.3. The summed E-state index contributed by atoms with van der Waals surface area (Å²) in [6.45, 7) is 21.3. The quantitative estimate of drug-likeness (QED) is 0.102. The van der Waals surface area contributed by atoms with Crippen molar-refractivity contribution in [3.05, 3.63) is 127 Å². The number of carbonyl (C=O) groups excluding carboxylic acids is 2. The molecule has 8 fully saturated rings. The summed E-state index contributed by atoms with van der Waals surface area (Å²) in [5.41, 5.74) is 11.7. The summed E-state index contributed by atoms with van der Waals surface area (Å²) < 4.78 is 28.0. The highest BCUT2D eigenvalue weighted by Crippen LogP contribution is 2.38. The largest absolute Gasteiger partial charge is 0.422 e. The highest BCUT2D eigenvalue weighted by Gasteiger charge is 2.33. The second-order valence-corrected chi connectivity index (χ2v) is 33.8. The zero-order valence-corrected chi connectivity index (χ0v) is 67.9. The van der Waals surface area contributed by atoms with Gasteiger partial charge in [0, 0.05) is 143 Å². The van der Waals surface area contributed by atoms with E-state index in [1.807, 2.05) is 67.0 Å². The highest BCUT2D eigenvalue weighted by atomic mass is 32.1. The normalized spacial score (nSPS) is 18.9. The Hall–Kier alpha value is -10.1. The van der Waals surface area contributed by atoms with Crippen molar-refractivity contribution in [3.8, 4) is 58.1 Å². The first kappa shape index (κ1) is 78.8. The van der Waals surface area contributed by atoms with Crippen LogP contribution in [0.4, 0.5) is 38.2 Å². The van der Waals surface area contributed by atoms with Crippen LogP contribution in [0, 0.1) is 30.5 Å². The summed E-state index contributed by atoms with van der Waals surface area (Å²) in [6, 6.07) is 28.6. The van der Waals surface area contributed by atoms with Gasteiger partial charge in [0.1, 0.15) is 11.6 Å². The van der Waals surface area contributed by atoms with E-state index in [4.69, 9.17) is 31.6 Å². The lowest BCUT2D eigenvalue weighted by molar-refractivity contribution is -0.115. The highest BCUT2D eigenvalue weighted by molar-refractivity contribution is 7.22. The number of pyridine rings is 5. The fraction of sp³-hybridized carbons (Fsp3) is 0.472. The van der Waals surface area contributed by atoms with Gasteiger partial charge in [0.2, 0.25) is 23.1 Å². The molecule has 2 amide bonds. The number of oxazole rings is 2. The Bertz CT molecular complexity index is 5190. The molecule has 115 heavy (non-hydrogen) atoms. The maximum Gasteiger partial charge on any atom is 0.299 e. The molecule has 26 heteroatoms. The first-order valence-corrected chi connectivity index (χ1v) is 43.4. The number of halogens is 1. The third kappa shape index (κ3) is 19.6. The number of likely N-dealkylation sites (tertiary alicyclic amines) is 4. The average Bonchev–Trinajstić information content (AvgIpc) is 1.67. The average molecular weight is 1590 g/mol. The monoisotopic (exact) mass is 1590 g/mol. The number of thiazole rings is 2. The number of fused-ring (bicyclic) bond motifs is 4. The van der Waals surface area contributed by atoms with E-state index in [-0.39, 0.29) is 17.4 Å². The third-order valence-corrected chi connectivity index (χ3v) is 26.2. The van der Waals surface area contributed by atoms with Crippen molar-refractivity contribution in [2.75, 3.05) is 135 Å². The van der Waals surface area contributed by atoms with Crippen LogP contribution in [0.1, 0.15) is 153 Å². The van der Waals surface area contributed by atoms with E-state index >= 15 is 0 Å². The zero-order chi connectivity index (χ0) is 78.6. The van der Waals surface area contributed by atoms with E-state index in [2.05, 4.69) is 103 Å². The lowest BCUT2D eigenvalue weighted by Crippen LogP contribution is -2.46. The lowest BCUT2D eigenvalue weighted by atomic mass is 10.0. The summed E-state index contributed by atoms with van der Waals surface area (Å²) in [5, 5.41) is 7.62. The standard InChI is InChI=1S/C24H25FN4O.C24H26N4O.C23H28N6OS.C18H25N5OS/c1-2-17-14-18(6-7-21(17)25)19-15-22-23(26-16-19)27-24(30-22)29-12-8-20(9-13-29)28-10-4-3-5-11-28;1-2-18-6-8-19(9-7-18)20-16-22-23(25-17-20)26-24(29-22)28-14-10-21(11-15-28)27-12-4-3-5-13-27;1-16(30)26-21-6-5-17(14-24-21)18-13-20-22(25-15-18)27-23(31-20)29-11-7-19(8-12-29)28-9-3-2-4-10-28;1-13(24)20-14-11-16-17(19-12-14)21-18(25-16)23-9-5-15(6-10-23)22-7-3-2-4-8-22/h1,6-7,14-16,20H,3-5,8-13H2;1,6-9,16-17,21H,3-5,10-15H2;5-6,13-15,19H,2-4,7-12H2,1H3,(H,24,26,30);11-12,15H,2-10H2,1H3,(H,20,24). The fourth-order valence-electron chi connectivity index (χ4n) is 17.7. The van der Waals surface area contributed by atoms with Crippen molar-refractivity contribution in [2.24, 2.45) is 0 Å². The topological polar surface area (TPSA) is 226 Å². The Morgan fingerprint density at radius 2 is 0.791 bits per heavy atom. The molecule has 19 rings (SSSR count). The van der Waals surface area contributed by atoms with Gasteiger partial charge in [-0.25, -0.2) is 29.3 Å². The summed E-state index contributed by atoms with van der Waals surface area (Å²) in [7, 11) is 0. The van der Waals surface area contributed by atoms with Gasteiger partial charge in [0.15, 0.2) is 32.7 Å². The Kier molecular flexibility index (Phi) is 25.5. The van der Waals surface area contributed by atoms with Crippen molar-refractivity contribution >= 4 is 111 Å². The Morgan fingerprint density at radius 3 is 1.22 bits per heavy atom. The van der Waals surface area contributed by atoms with Crippen LogP contribution in [0.25, 0.3) is 76.5 Å². The molecule has 0 spiro atoms. The van der Waals surface area contributed by atoms with Crippen molar-refractivity contribution in [2.45, 2.75) is 166 Å². The molecule has 2 N–H and O–H groups in total. The van der Waals surface area contributed by atoms with E-state index in [1.54, 1.807) is 53.4 Å². The fourth-order valence-corrected chi connectivity index (χ4v) is 19.8. The SMILES string of the molecule is C#Cc1cc(-c2cnc3nc(N4CCC(N5CCCCC5)CC4)oc3c2)ccc1F.C#Cc1ccc(-c2cnc3nc(N4CCC(N5CCCCC5)CC4)oc3c2)cc1.CC(=O)Nc1ccc(-c2cnc3nc(N4CCC(N5CCCCC5)CC4)sc3c2)cn1.CC(=O)Nc1cnc2nc(N3CCC(N4CCCCC4)CC3)sc2c1. The molecule has 11 aromatic rings. The van der Waals surface area contributed by atoms with Crippen LogP contribution < -0.4 is 30.2 Å². The number of amides is 2. The second-order valence-electron chi connectivity index (χ2n) is 31.8. The molecule has 8 aliphatic rings. The zero-order valence-electron chi connectivity index (χ0n) is 66.2. The summed E-state index contributed by atoms with van der Waals surface area (Å²) in [4.78, 5) is 83.5. The molecule has 0 radical (unpaired) electrons. The number of piperidine rings is 8. The number of aromatic nitrogens is 9. The van der Waals surface area contributed by atoms with Gasteiger partial charge in [-0.1, -0.05) is 78.4 Å². The number of carbonyl (C=O) groups is 2. The van der Waals surface area contributed by atoms with Crippen molar-refractivity contribution in [3.63, 3.8) is 0 Å². The molecular weight excluding hydrogens is 1480 g/mol. The molecule has 9 aromatic heterocycles. The summed E-state index contributed by atoms with van der Waals surface area (Å²) in [6.07, 6.45) is 45.6. The van der Waals surface area contributed by atoms with Crippen LogP contribution >= 0.6 is 22.7 Å². The predicted molar refractivity (Wildman–Crippen MR) is 460 cm³/mol. The summed E-state index contributed by atoms with van der Waals surface area (Å²) >= 11 is 3.39. The minimum Gasteiger partial charge on any atom is -0.422 e. The molecular formula is C89H104FN19O4S2. The van der Waals surface area contributed by atoms with Gasteiger partial charge in [-0.05, 0) is 227 Å². The first-order valence-electron chi connectivity index (χ1n) is 41.7. The Balaban J connectivity index is 0.000000116. The molecule has 23 nitrogen and oxygen atoms in total. The van der Waals surface area contributed by atoms with Crippen LogP contribution in [0.2, 0.25) is 0 Å². The Labute approximate surface area is 681 Å². The summed E-state index contributed by atoms with van der Waals surface area (Å²) in [5.74, 6) is 4.98. The van der Waals surface area contributed by atoms with Crippen LogP contribution in [-0.2, 0) is 9.59 Å². The van der Waals surface area contributed by atoms with Crippen LogP contribution in [0.15, 0.2) is 119 Å². The van der Waals surface area contributed by atoms with E-state index in [0.29, 0.717) is 46.8 Å². The van der Waals surface area contributed by atoms with Crippen molar-refractivity contribution in [1.82, 2.24) is 64.5 Å². The van der Waals surface area contributed by atoms with Crippen LogP contribution in [-0.4, -0.2) is 205 Å². The first-order chi connectivity index (χ1) is 56.3. The number of anilines is 6. The third-order valence-electron chi connectivity index (χ3n) is 24.1. The van der Waals surface area contributed by atoms with E-state index in [9.17, 15) is 14.0 Å². The smallest absolute Gasteiger partial charge is 0.299 e. The van der Waals surface area contributed by atoms with Gasteiger partial charge < -0.3 is 58.7 Å². The van der Waals surface area contributed by atoms with Gasteiger partial charge >= 0.3 is 0 Å². The van der Waals surface area contributed by atoms with Gasteiger partial charge in [-0.2, -0.15) is 19.9 Å². The maximum absolute atomic E-state index is 13.7. The van der Waals surface area contributed by atoms with Gasteiger partial charge in [0.05, 0.1) is 26.8 Å². The molecule has 0 atom stereocenters. The molecule has 598 valence electrons. The molecule has 8 saturated heterocycles. The molecule has 0 unspecified atom stereocenters. The van der Waals surface area contributed by atoms with Crippen molar-refractivity contribution in [1.29, 1.82) is 0 Å². The lowest BCUT2D eigenvalue weighted by Gasteiger charge is -2.40. The molecule has 2 aromatic carbocycles. The predicted octanol–water partition coefficient (Wildman–Crippen LogP) is 16.1. The Morgan fingerprint density at radius 1 is 0.400 bits per heavy atom. The van der Waals surface area contributed by atoms with Gasteiger partial charge in [0.25, 0.3) is 12.0 Å². The number of rotatable bonds is 13. The number of terminal acetylenes is 2. The van der Waals surface area contributed by atoms with Crippen LogP contribution in [0.3, 0.4) is 0 Å². The van der Waals surface area contributed by atoms with E-state index < -0.39 is 5.82 Å².